The molecule has 9 N–H and O–H groups in total. The Morgan fingerprint density at radius 1 is 1.30 bits per heavy atom. The van der Waals surface area contributed by atoms with Gasteiger partial charge in [0, 0.05) is 13.3 Å². The molecule has 1 fully saturated rings. The van der Waals surface area contributed by atoms with Crippen molar-refractivity contribution in [1.82, 2.24) is 5.32 Å². The minimum atomic E-state index is -2.85. The second-order valence-electron chi connectivity index (χ2n) is 5.34. The van der Waals surface area contributed by atoms with E-state index in [-0.39, 0.29) is 0 Å². The molecule has 0 bridgehead atoms. The molecular formula is C12H21N3O8. The molecule has 0 aromatic carbocycles. The Hall–Kier alpha value is -1.63. The fraction of sp³-hybridized carbons (Fsp3) is 0.750. The van der Waals surface area contributed by atoms with Gasteiger partial charge in [0.2, 0.25) is 17.6 Å². The summed E-state index contributed by atoms with van der Waals surface area (Å²) >= 11 is 0. The number of ether oxygens (including phenoxy) is 1. The standard InChI is InChI=1S/C12H21N3O8/c1-4(17)15-10-9(20)8(19)6(3-16)23-12(10,22)11(21)5(13)2-7(14)18/h5-6,8-10,16,19-20,22H,2-3,13H2,1H3,(H2,14,18)(H,15,17)/t5-,6+,8-,9-,10+,12?/m0/s1. The fourth-order valence-corrected chi connectivity index (χ4v) is 2.36. The van der Waals surface area contributed by atoms with Crippen molar-refractivity contribution in [3.63, 3.8) is 0 Å². The normalized spacial score (nSPS) is 35.4. The van der Waals surface area contributed by atoms with Crippen molar-refractivity contribution in [3.05, 3.63) is 0 Å². The maximum Gasteiger partial charge on any atom is 0.252 e. The molecule has 1 unspecified atom stereocenters. The van der Waals surface area contributed by atoms with E-state index in [4.69, 9.17) is 21.3 Å². The molecule has 1 heterocycles. The molecule has 0 saturated carbocycles. The topological polar surface area (TPSA) is 205 Å². The monoisotopic (exact) mass is 335 g/mol. The van der Waals surface area contributed by atoms with E-state index in [0.29, 0.717) is 0 Å². The molecular weight excluding hydrogens is 314 g/mol. The highest BCUT2D eigenvalue weighted by Gasteiger charge is 2.58. The molecule has 0 aromatic heterocycles. The van der Waals surface area contributed by atoms with E-state index in [0.717, 1.165) is 6.92 Å². The zero-order valence-electron chi connectivity index (χ0n) is 12.4. The van der Waals surface area contributed by atoms with Gasteiger partial charge in [0.25, 0.3) is 5.79 Å². The van der Waals surface area contributed by atoms with Gasteiger partial charge in [-0.25, -0.2) is 0 Å². The van der Waals surface area contributed by atoms with Crippen LogP contribution in [0, 0.1) is 0 Å². The van der Waals surface area contributed by atoms with Crippen molar-refractivity contribution in [2.45, 2.75) is 49.5 Å². The summed E-state index contributed by atoms with van der Waals surface area (Å²) in [5.74, 6) is -5.74. The van der Waals surface area contributed by atoms with Crippen LogP contribution < -0.4 is 16.8 Å². The number of carbonyl (C=O) groups is 3. The number of ketones is 1. The summed E-state index contributed by atoms with van der Waals surface area (Å²) in [5.41, 5.74) is 10.4. The molecule has 11 heteroatoms. The predicted molar refractivity (Wildman–Crippen MR) is 73.3 cm³/mol. The smallest absolute Gasteiger partial charge is 0.252 e. The summed E-state index contributed by atoms with van der Waals surface area (Å²) in [6, 6.07) is -3.33. The van der Waals surface area contributed by atoms with Crippen LogP contribution >= 0.6 is 0 Å². The molecule has 6 atom stereocenters. The molecule has 23 heavy (non-hydrogen) atoms. The molecule has 1 rings (SSSR count). The Morgan fingerprint density at radius 2 is 1.87 bits per heavy atom. The largest absolute Gasteiger partial charge is 0.394 e. The highest BCUT2D eigenvalue weighted by Crippen LogP contribution is 2.30. The van der Waals surface area contributed by atoms with Crippen LogP contribution in [0.4, 0.5) is 0 Å². The van der Waals surface area contributed by atoms with E-state index in [1.807, 2.05) is 0 Å². The van der Waals surface area contributed by atoms with Gasteiger partial charge in [-0.3, -0.25) is 14.4 Å². The summed E-state index contributed by atoms with van der Waals surface area (Å²) in [4.78, 5) is 34.4. The summed E-state index contributed by atoms with van der Waals surface area (Å²) in [5, 5.41) is 41.6. The number of nitrogens with one attached hydrogen (secondary N) is 1. The third kappa shape index (κ3) is 4.02. The van der Waals surface area contributed by atoms with Gasteiger partial charge in [0.05, 0.1) is 12.6 Å². The zero-order chi connectivity index (χ0) is 17.9. The van der Waals surface area contributed by atoms with E-state index in [1.54, 1.807) is 0 Å². The number of aliphatic hydroxyl groups is 4. The maximum atomic E-state index is 12.3. The number of nitrogens with two attached hydrogens (primary N) is 2. The number of hydrogen-bond acceptors (Lipinski definition) is 9. The summed E-state index contributed by atoms with van der Waals surface area (Å²) in [6.07, 6.45) is -5.64. The van der Waals surface area contributed by atoms with E-state index in [9.17, 15) is 29.7 Å². The number of aliphatic hydroxyl groups excluding tert-OH is 3. The Labute approximate surface area is 131 Å². The summed E-state index contributed by atoms with van der Waals surface area (Å²) in [7, 11) is 0. The van der Waals surface area contributed by atoms with E-state index < -0.39 is 66.8 Å². The Bertz CT molecular complexity index is 487. The minimum absolute atomic E-state index is 0.611. The average Bonchev–Trinajstić information content (AvgIpc) is 2.45. The molecule has 1 saturated heterocycles. The third-order valence-electron chi connectivity index (χ3n) is 3.47. The summed E-state index contributed by atoms with van der Waals surface area (Å²) in [6.45, 7) is 0.219. The predicted octanol–water partition coefficient (Wildman–Crippen LogP) is -4.94. The lowest BCUT2D eigenvalue weighted by molar-refractivity contribution is -0.302. The van der Waals surface area contributed by atoms with E-state index >= 15 is 0 Å². The molecule has 2 amide bonds. The highest BCUT2D eigenvalue weighted by atomic mass is 16.7. The molecule has 0 spiro atoms. The molecule has 1 aliphatic rings. The van der Waals surface area contributed by atoms with Crippen LogP contribution in [0.5, 0.6) is 0 Å². The highest BCUT2D eigenvalue weighted by molar-refractivity contribution is 5.95. The van der Waals surface area contributed by atoms with Crippen LogP contribution in [0.1, 0.15) is 13.3 Å². The molecule has 132 valence electrons. The average molecular weight is 335 g/mol. The van der Waals surface area contributed by atoms with Crippen LogP contribution in [0.3, 0.4) is 0 Å². The van der Waals surface area contributed by atoms with Crippen LogP contribution in [0.25, 0.3) is 0 Å². The van der Waals surface area contributed by atoms with Gasteiger partial charge in [0.1, 0.15) is 24.4 Å². The van der Waals surface area contributed by atoms with Crippen molar-refractivity contribution in [2.24, 2.45) is 11.5 Å². The van der Waals surface area contributed by atoms with Crippen LogP contribution in [-0.2, 0) is 19.1 Å². The van der Waals surface area contributed by atoms with Crippen molar-refractivity contribution in [2.75, 3.05) is 6.61 Å². The van der Waals surface area contributed by atoms with Crippen LogP contribution in [0.15, 0.2) is 0 Å². The zero-order valence-corrected chi connectivity index (χ0v) is 12.4. The Balaban J connectivity index is 3.19. The fourth-order valence-electron chi connectivity index (χ4n) is 2.36. The number of hydrogen-bond donors (Lipinski definition) is 7. The lowest BCUT2D eigenvalue weighted by atomic mass is 9.85. The molecule has 11 nitrogen and oxygen atoms in total. The number of primary amides is 1. The second-order valence-corrected chi connectivity index (χ2v) is 5.34. The first kappa shape index (κ1) is 19.4. The summed E-state index contributed by atoms with van der Waals surface area (Å²) < 4.78 is 4.98. The first-order valence-corrected chi connectivity index (χ1v) is 6.77. The van der Waals surface area contributed by atoms with Crippen LogP contribution in [0.2, 0.25) is 0 Å². The van der Waals surface area contributed by atoms with Gasteiger partial charge < -0.3 is 41.9 Å². The Kier molecular flexibility index (Phi) is 6.16. The van der Waals surface area contributed by atoms with Crippen molar-refractivity contribution in [1.29, 1.82) is 0 Å². The lowest BCUT2D eigenvalue weighted by Gasteiger charge is -2.47. The van der Waals surface area contributed by atoms with Gasteiger partial charge in [-0.05, 0) is 0 Å². The van der Waals surface area contributed by atoms with Crippen molar-refractivity contribution >= 4 is 17.6 Å². The maximum absolute atomic E-state index is 12.3. The minimum Gasteiger partial charge on any atom is -0.394 e. The third-order valence-corrected chi connectivity index (χ3v) is 3.47. The van der Waals surface area contributed by atoms with Gasteiger partial charge in [-0.15, -0.1) is 0 Å². The number of carbonyl (C=O) groups excluding carboxylic acids is 3. The molecule has 0 aliphatic carbocycles. The first-order valence-electron chi connectivity index (χ1n) is 6.77. The second kappa shape index (κ2) is 7.29. The van der Waals surface area contributed by atoms with Crippen LogP contribution in [-0.4, -0.2) is 80.8 Å². The lowest BCUT2D eigenvalue weighted by Crippen LogP contribution is -2.74. The SMILES string of the molecule is CC(=O)N[C@@H]1[C@@H](O)[C@@H](O)[C@@H](CO)OC1(O)C(=O)[C@@H](N)CC(N)=O. The number of rotatable bonds is 6. The van der Waals surface area contributed by atoms with Crippen molar-refractivity contribution < 1.29 is 39.5 Å². The Morgan fingerprint density at radius 3 is 2.30 bits per heavy atom. The first-order chi connectivity index (χ1) is 10.5. The van der Waals surface area contributed by atoms with E-state index in [1.165, 1.54) is 0 Å². The molecule has 0 radical (unpaired) electrons. The van der Waals surface area contributed by atoms with Gasteiger partial charge in [0.15, 0.2) is 0 Å². The van der Waals surface area contributed by atoms with Gasteiger partial charge >= 0.3 is 0 Å². The van der Waals surface area contributed by atoms with Crippen molar-refractivity contribution in [3.8, 4) is 0 Å². The molecule has 1 aliphatic heterocycles. The number of Topliss-reactive ketones (excluding diaryl/α,β-unsaturated/α-hetero) is 1. The molecule has 0 aromatic rings. The van der Waals surface area contributed by atoms with Gasteiger partial charge in [-0.1, -0.05) is 0 Å². The van der Waals surface area contributed by atoms with E-state index in [2.05, 4.69) is 5.32 Å². The number of amides is 2. The quantitative estimate of drug-likeness (QED) is 0.248. The van der Waals surface area contributed by atoms with Gasteiger partial charge in [-0.2, -0.15) is 0 Å².